The molecule has 0 saturated carbocycles. The van der Waals surface area contributed by atoms with Crippen molar-refractivity contribution in [2.75, 3.05) is 6.26 Å². The van der Waals surface area contributed by atoms with Crippen molar-refractivity contribution in [2.24, 2.45) is 7.05 Å². The number of carbonyl (C=O) groups excluding carboxylic acids is 1. The first kappa shape index (κ1) is 23.0. The molecule has 2 aromatic carbocycles. The molecule has 0 unspecified atom stereocenters. The molecule has 3 aromatic rings. The van der Waals surface area contributed by atoms with E-state index in [1.165, 1.54) is 10.7 Å². The van der Waals surface area contributed by atoms with Crippen LogP contribution in [0, 0.1) is 27.7 Å². The molecule has 0 amide bonds. The zero-order valence-electron chi connectivity index (χ0n) is 18.4. The molecule has 164 valence electrons. The Balaban J connectivity index is 2.04. The van der Waals surface area contributed by atoms with E-state index in [0.717, 1.165) is 17.4 Å². The Morgan fingerprint density at radius 3 is 2.32 bits per heavy atom. The molecule has 31 heavy (non-hydrogen) atoms. The summed E-state index contributed by atoms with van der Waals surface area (Å²) in [7, 11) is -1.78. The molecule has 0 fully saturated rings. The van der Waals surface area contributed by atoms with Crippen molar-refractivity contribution >= 4 is 27.2 Å². The summed E-state index contributed by atoms with van der Waals surface area (Å²) in [5.74, 6) is -0.0256. The monoisotopic (exact) mass is 460 g/mol. The van der Waals surface area contributed by atoms with Gasteiger partial charge in [-0.1, -0.05) is 41.4 Å². The van der Waals surface area contributed by atoms with Gasteiger partial charge in [0.05, 0.1) is 15.6 Å². The molecule has 0 aliphatic heterocycles. The van der Waals surface area contributed by atoms with Crippen LogP contribution in [0.4, 0.5) is 0 Å². The van der Waals surface area contributed by atoms with Gasteiger partial charge in [-0.2, -0.15) is 5.10 Å². The Labute approximate surface area is 187 Å². The Kier molecular flexibility index (Phi) is 6.30. The Hall–Kier alpha value is -2.64. The number of ether oxygens (including phenoxy) is 1. The van der Waals surface area contributed by atoms with E-state index in [1.54, 1.807) is 27.8 Å². The lowest BCUT2D eigenvalue weighted by Gasteiger charge is -2.14. The van der Waals surface area contributed by atoms with Crippen LogP contribution in [0.1, 0.15) is 43.9 Å². The van der Waals surface area contributed by atoms with Crippen LogP contribution in [0.5, 0.6) is 5.88 Å². The number of ketones is 1. The summed E-state index contributed by atoms with van der Waals surface area (Å²) in [6, 6.07) is 9.44. The molecule has 3 rings (SSSR count). The topological polar surface area (TPSA) is 78.3 Å². The standard InChI is InChI=1S/C23H25ClN2O4S/c1-13-7-9-17(10-8-13)12-30-23-19(16(4)25-26(23)5)21(27)18-11-14(2)22(31(6,28)29)15(3)20(18)24/h7-11H,12H2,1-6H3. The van der Waals surface area contributed by atoms with E-state index in [1.807, 2.05) is 31.2 Å². The normalized spacial score (nSPS) is 11.6. The van der Waals surface area contributed by atoms with Crippen LogP contribution in [-0.2, 0) is 23.5 Å². The maximum absolute atomic E-state index is 13.5. The molecule has 0 radical (unpaired) electrons. The first-order chi connectivity index (χ1) is 14.4. The zero-order chi connectivity index (χ0) is 23.1. The number of benzene rings is 2. The number of hydrogen-bond donors (Lipinski definition) is 0. The molecule has 1 aromatic heterocycles. The van der Waals surface area contributed by atoms with Crippen molar-refractivity contribution in [3.8, 4) is 5.88 Å². The van der Waals surface area contributed by atoms with Gasteiger partial charge < -0.3 is 4.74 Å². The van der Waals surface area contributed by atoms with E-state index in [2.05, 4.69) is 5.10 Å². The number of nitrogens with zero attached hydrogens (tertiary/aromatic N) is 2. The van der Waals surface area contributed by atoms with Crippen molar-refractivity contribution in [1.82, 2.24) is 9.78 Å². The van der Waals surface area contributed by atoms with Crippen molar-refractivity contribution in [3.05, 3.63) is 74.4 Å². The first-order valence-corrected chi connectivity index (χ1v) is 11.9. The fourth-order valence-corrected chi connectivity index (χ4v) is 5.31. The maximum atomic E-state index is 13.5. The lowest BCUT2D eigenvalue weighted by atomic mass is 9.99. The van der Waals surface area contributed by atoms with Gasteiger partial charge >= 0.3 is 0 Å². The quantitative estimate of drug-likeness (QED) is 0.505. The van der Waals surface area contributed by atoms with E-state index in [0.29, 0.717) is 28.3 Å². The van der Waals surface area contributed by atoms with E-state index < -0.39 is 9.84 Å². The average molecular weight is 461 g/mol. The minimum absolute atomic E-state index is 0.115. The Morgan fingerprint density at radius 2 is 1.74 bits per heavy atom. The Bertz CT molecular complexity index is 1280. The summed E-state index contributed by atoms with van der Waals surface area (Å²) in [5.41, 5.74) is 3.97. The third-order valence-corrected chi connectivity index (χ3v) is 6.99. The second-order valence-electron chi connectivity index (χ2n) is 7.77. The van der Waals surface area contributed by atoms with Crippen molar-refractivity contribution in [3.63, 3.8) is 0 Å². The summed E-state index contributed by atoms with van der Waals surface area (Å²) in [5, 5.41) is 4.46. The number of aromatic nitrogens is 2. The van der Waals surface area contributed by atoms with Crippen LogP contribution >= 0.6 is 11.6 Å². The van der Waals surface area contributed by atoms with Gasteiger partial charge in [0.2, 0.25) is 11.7 Å². The fraction of sp³-hybridized carbons (Fsp3) is 0.304. The highest BCUT2D eigenvalue weighted by Gasteiger charge is 2.28. The molecule has 1 heterocycles. The number of carbonyl (C=O) groups is 1. The van der Waals surface area contributed by atoms with E-state index in [-0.39, 0.29) is 27.9 Å². The van der Waals surface area contributed by atoms with E-state index >= 15 is 0 Å². The molecule has 0 atom stereocenters. The average Bonchev–Trinajstić information content (AvgIpc) is 2.95. The molecule has 0 saturated heterocycles. The highest BCUT2D eigenvalue weighted by atomic mass is 35.5. The molecule has 0 aliphatic carbocycles. The lowest BCUT2D eigenvalue weighted by Crippen LogP contribution is -2.11. The Morgan fingerprint density at radius 1 is 1.13 bits per heavy atom. The van der Waals surface area contributed by atoms with Crippen LogP contribution in [0.15, 0.2) is 35.2 Å². The molecular formula is C23H25ClN2O4S. The second kappa shape index (κ2) is 8.48. The molecule has 0 spiro atoms. The van der Waals surface area contributed by atoms with Gasteiger partial charge in [0.15, 0.2) is 9.84 Å². The molecule has 0 N–H and O–H groups in total. The SMILES string of the molecule is Cc1ccc(COc2c(C(=O)c3cc(C)c(S(C)(=O)=O)c(C)c3Cl)c(C)nn2C)cc1. The predicted octanol–water partition coefficient (Wildman–Crippen LogP) is 4.52. The van der Waals surface area contributed by atoms with Crippen LogP contribution in [0.2, 0.25) is 5.02 Å². The number of halogens is 1. The van der Waals surface area contributed by atoms with Gasteiger partial charge in [0.1, 0.15) is 12.2 Å². The highest BCUT2D eigenvalue weighted by molar-refractivity contribution is 7.90. The van der Waals surface area contributed by atoms with Gasteiger partial charge in [-0.15, -0.1) is 0 Å². The van der Waals surface area contributed by atoms with E-state index in [9.17, 15) is 13.2 Å². The van der Waals surface area contributed by atoms with Crippen LogP contribution in [0.25, 0.3) is 0 Å². The van der Waals surface area contributed by atoms with Crippen LogP contribution in [0.3, 0.4) is 0 Å². The minimum atomic E-state index is -3.49. The van der Waals surface area contributed by atoms with Gasteiger partial charge in [-0.05, 0) is 50.5 Å². The van der Waals surface area contributed by atoms with E-state index in [4.69, 9.17) is 16.3 Å². The zero-order valence-corrected chi connectivity index (χ0v) is 20.0. The number of rotatable bonds is 6. The summed E-state index contributed by atoms with van der Waals surface area (Å²) in [6.45, 7) is 7.27. The number of hydrogen-bond acceptors (Lipinski definition) is 5. The van der Waals surface area contributed by atoms with Gasteiger partial charge in [0, 0.05) is 18.9 Å². The largest absolute Gasteiger partial charge is 0.472 e. The first-order valence-electron chi connectivity index (χ1n) is 9.68. The molecule has 0 aliphatic rings. The van der Waals surface area contributed by atoms with Gasteiger partial charge in [-0.25, -0.2) is 13.1 Å². The van der Waals surface area contributed by atoms with Gasteiger partial charge in [0.25, 0.3) is 0 Å². The lowest BCUT2D eigenvalue weighted by molar-refractivity contribution is 0.103. The summed E-state index contributed by atoms with van der Waals surface area (Å²) in [4.78, 5) is 13.6. The second-order valence-corrected chi connectivity index (χ2v) is 10.1. The molecular weight excluding hydrogens is 436 g/mol. The third-order valence-electron chi connectivity index (χ3n) is 5.13. The van der Waals surface area contributed by atoms with Crippen LogP contribution in [-0.4, -0.2) is 30.2 Å². The summed E-state index contributed by atoms with van der Waals surface area (Å²) in [6.07, 6.45) is 1.13. The smallest absolute Gasteiger partial charge is 0.223 e. The molecule has 6 nitrogen and oxygen atoms in total. The summed E-state index contributed by atoms with van der Waals surface area (Å²) < 4.78 is 31.8. The highest BCUT2D eigenvalue weighted by Crippen LogP contribution is 2.34. The molecule has 0 bridgehead atoms. The number of sulfone groups is 1. The minimum Gasteiger partial charge on any atom is -0.472 e. The van der Waals surface area contributed by atoms with Crippen molar-refractivity contribution in [1.29, 1.82) is 0 Å². The van der Waals surface area contributed by atoms with Crippen molar-refractivity contribution in [2.45, 2.75) is 39.2 Å². The fourth-order valence-electron chi connectivity index (χ4n) is 3.71. The predicted molar refractivity (Wildman–Crippen MR) is 121 cm³/mol. The molecule has 8 heteroatoms. The van der Waals surface area contributed by atoms with Crippen LogP contribution < -0.4 is 4.74 Å². The van der Waals surface area contributed by atoms with Crippen molar-refractivity contribution < 1.29 is 17.9 Å². The summed E-state index contributed by atoms with van der Waals surface area (Å²) >= 11 is 6.47. The van der Waals surface area contributed by atoms with Gasteiger partial charge in [-0.3, -0.25) is 4.79 Å². The maximum Gasteiger partial charge on any atom is 0.223 e. The third kappa shape index (κ3) is 4.52. The number of aryl methyl sites for hydroxylation is 4.